The lowest BCUT2D eigenvalue weighted by Crippen LogP contribution is -2.44. The Kier molecular flexibility index (Phi) is 5.97. The second kappa shape index (κ2) is 8.75. The standard InChI is InChI=1S/C23H24ClF4N7O/c1-22(19(29)36)4-2-13(3-5-22)35-18-16(10-30-20(34-18)31-12-8-23(27,28)9-12)32-21(35)33-17-14(24)6-11(25)7-15(17)26/h6-7,10,12-13H,2-5,8-9H2,1H3,(H2,29,36)(H,32,33)(H,30,31,34)/t13-,22-. The van der Waals surface area contributed by atoms with Gasteiger partial charge in [-0.05, 0) is 31.7 Å². The van der Waals surface area contributed by atoms with Crippen molar-refractivity contribution in [2.45, 2.75) is 63.5 Å². The van der Waals surface area contributed by atoms with E-state index in [4.69, 9.17) is 17.3 Å². The van der Waals surface area contributed by atoms with Crippen LogP contribution in [-0.4, -0.2) is 37.4 Å². The molecule has 2 saturated carbocycles. The Morgan fingerprint density at radius 3 is 2.50 bits per heavy atom. The largest absolute Gasteiger partial charge is 0.369 e. The Hall–Kier alpha value is -3.15. The maximum absolute atomic E-state index is 14.6. The first kappa shape index (κ1) is 24.5. The van der Waals surface area contributed by atoms with Gasteiger partial charge >= 0.3 is 0 Å². The number of nitrogens with two attached hydrogens (primary N) is 1. The van der Waals surface area contributed by atoms with Gasteiger partial charge in [-0.15, -0.1) is 0 Å². The zero-order valence-corrected chi connectivity index (χ0v) is 20.0. The molecule has 8 nitrogen and oxygen atoms in total. The number of alkyl halides is 2. The minimum absolute atomic E-state index is 0.157. The van der Waals surface area contributed by atoms with Crippen molar-refractivity contribution in [1.82, 2.24) is 19.5 Å². The minimum Gasteiger partial charge on any atom is -0.369 e. The molecule has 1 aromatic carbocycles. The Labute approximate surface area is 208 Å². The number of benzene rings is 1. The number of amides is 1. The molecule has 4 N–H and O–H groups in total. The highest BCUT2D eigenvalue weighted by Gasteiger charge is 2.45. The third kappa shape index (κ3) is 4.54. The molecule has 3 aromatic rings. The van der Waals surface area contributed by atoms with E-state index in [1.807, 2.05) is 6.92 Å². The molecule has 0 bridgehead atoms. The van der Waals surface area contributed by atoms with Gasteiger partial charge in [0.1, 0.15) is 11.3 Å². The van der Waals surface area contributed by atoms with Crippen LogP contribution in [0.4, 0.5) is 35.1 Å². The van der Waals surface area contributed by atoms with Crippen molar-refractivity contribution in [3.63, 3.8) is 0 Å². The van der Waals surface area contributed by atoms with Crippen LogP contribution in [0.25, 0.3) is 11.2 Å². The predicted octanol–water partition coefficient (Wildman–Crippen LogP) is 5.32. The van der Waals surface area contributed by atoms with E-state index in [1.54, 1.807) is 4.57 Å². The number of nitrogens with one attached hydrogen (secondary N) is 2. The smallest absolute Gasteiger partial charge is 0.252 e. The number of halogens is 5. The molecular formula is C23H24ClF4N7O. The van der Waals surface area contributed by atoms with Gasteiger partial charge in [0.05, 0.1) is 16.9 Å². The average Bonchev–Trinajstić information content (AvgIpc) is 3.13. The van der Waals surface area contributed by atoms with E-state index in [0.29, 0.717) is 42.9 Å². The molecule has 2 heterocycles. The summed E-state index contributed by atoms with van der Waals surface area (Å²) in [5, 5.41) is 5.61. The average molecular weight is 526 g/mol. The lowest BCUT2D eigenvalue weighted by molar-refractivity contribution is -0.128. The highest BCUT2D eigenvalue weighted by molar-refractivity contribution is 6.33. The molecule has 0 aliphatic heterocycles. The van der Waals surface area contributed by atoms with Gasteiger partial charge in [-0.2, -0.15) is 4.98 Å². The second-order valence-corrected chi connectivity index (χ2v) is 10.2. The van der Waals surface area contributed by atoms with Crippen molar-refractivity contribution in [2.24, 2.45) is 11.1 Å². The number of carbonyl (C=O) groups is 1. The molecule has 2 aromatic heterocycles. The topological polar surface area (TPSA) is 111 Å². The number of anilines is 3. The summed E-state index contributed by atoms with van der Waals surface area (Å²) in [6, 6.07) is 1.04. The number of hydrogen-bond acceptors (Lipinski definition) is 6. The summed E-state index contributed by atoms with van der Waals surface area (Å²) >= 11 is 6.09. The van der Waals surface area contributed by atoms with Gasteiger partial charge in [-0.1, -0.05) is 18.5 Å². The first-order valence-corrected chi connectivity index (χ1v) is 11.9. The molecule has 2 fully saturated rings. The fourth-order valence-electron chi connectivity index (χ4n) is 4.86. The number of nitrogens with zero attached hydrogens (tertiary/aromatic N) is 4. The zero-order chi connectivity index (χ0) is 25.8. The molecule has 192 valence electrons. The molecule has 36 heavy (non-hydrogen) atoms. The monoisotopic (exact) mass is 525 g/mol. The van der Waals surface area contributed by atoms with E-state index in [0.717, 1.165) is 6.07 Å². The number of aromatic nitrogens is 4. The first-order chi connectivity index (χ1) is 16.9. The number of fused-ring (bicyclic) bond motifs is 1. The molecule has 0 radical (unpaired) electrons. The summed E-state index contributed by atoms with van der Waals surface area (Å²) in [5.41, 5.74) is 5.57. The summed E-state index contributed by atoms with van der Waals surface area (Å²) < 4.78 is 56.4. The molecule has 0 saturated heterocycles. The number of rotatable bonds is 6. The van der Waals surface area contributed by atoms with E-state index in [2.05, 4.69) is 25.6 Å². The number of imidazole rings is 1. The fourth-order valence-corrected chi connectivity index (χ4v) is 5.10. The van der Waals surface area contributed by atoms with Gasteiger partial charge in [0.15, 0.2) is 11.5 Å². The van der Waals surface area contributed by atoms with Crippen LogP contribution in [0.1, 0.15) is 51.5 Å². The van der Waals surface area contributed by atoms with Crippen LogP contribution in [0.3, 0.4) is 0 Å². The minimum atomic E-state index is -2.70. The zero-order valence-electron chi connectivity index (χ0n) is 19.3. The molecule has 0 spiro atoms. The molecule has 1 amide bonds. The molecule has 13 heteroatoms. The molecule has 5 rings (SSSR count). The molecule has 2 aliphatic carbocycles. The van der Waals surface area contributed by atoms with Gasteiger partial charge in [-0.25, -0.2) is 27.5 Å². The van der Waals surface area contributed by atoms with Crippen LogP contribution in [0.5, 0.6) is 0 Å². The quantitative estimate of drug-likeness (QED) is 0.376. The number of hydrogen-bond donors (Lipinski definition) is 3. The van der Waals surface area contributed by atoms with Crippen molar-refractivity contribution in [2.75, 3.05) is 10.6 Å². The van der Waals surface area contributed by atoms with Gasteiger partial charge in [-0.3, -0.25) is 9.36 Å². The Morgan fingerprint density at radius 2 is 1.89 bits per heavy atom. The van der Waals surface area contributed by atoms with E-state index in [9.17, 15) is 22.4 Å². The highest BCUT2D eigenvalue weighted by atomic mass is 35.5. The van der Waals surface area contributed by atoms with Crippen LogP contribution in [-0.2, 0) is 4.79 Å². The van der Waals surface area contributed by atoms with E-state index in [1.165, 1.54) is 6.20 Å². The van der Waals surface area contributed by atoms with Crippen LogP contribution in [0.15, 0.2) is 18.3 Å². The predicted molar refractivity (Wildman–Crippen MR) is 126 cm³/mol. The summed E-state index contributed by atoms with van der Waals surface area (Å²) in [6.07, 6.45) is 2.98. The number of primary amides is 1. The van der Waals surface area contributed by atoms with Gasteiger partial charge in [0.2, 0.25) is 17.8 Å². The third-order valence-corrected chi connectivity index (χ3v) is 7.42. The van der Waals surface area contributed by atoms with Gasteiger partial charge < -0.3 is 16.4 Å². The fraction of sp³-hybridized carbons (Fsp3) is 0.478. The van der Waals surface area contributed by atoms with Gasteiger partial charge in [0.25, 0.3) is 5.92 Å². The first-order valence-electron chi connectivity index (χ1n) is 11.5. The highest BCUT2D eigenvalue weighted by Crippen LogP contribution is 2.43. The van der Waals surface area contributed by atoms with Gasteiger partial charge in [0, 0.05) is 36.4 Å². The summed E-state index contributed by atoms with van der Waals surface area (Å²) in [6.45, 7) is 1.82. The Bertz CT molecular complexity index is 1310. The van der Waals surface area contributed by atoms with E-state index < -0.39 is 29.0 Å². The third-order valence-electron chi connectivity index (χ3n) is 7.12. The molecule has 0 atom stereocenters. The van der Waals surface area contributed by atoms with Crippen molar-refractivity contribution in [3.05, 3.63) is 35.0 Å². The molecule has 0 unspecified atom stereocenters. The molecule has 2 aliphatic rings. The Balaban J connectivity index is 1.52. The van der Waals surface area contributed by atoms with Crippen molar-refractivity contribution in [1.29, 1.82) is 0 Å². The summed E-state index contributed by atoms with van der Waals surface area (Å²) in [5.74, 6) is -4.43. The Morgan fingerprint density at radius 1 is 1.19 bits per heavy atom. The van der Waals surface area contributed by atoms with Crippen LogP contribution >= 0.6 is 11.6 Å². The van der Waals surface area contributed by atoms with Crippen LogP contribution < -0.4 is 16.4 Å². The van der Waals surface area contributed by atoms with E-state index >= 15 is 0 Å². The van der Waals surface area contributed by atoms with Crippen LogP contribution in [0.2, 0.25) is 5.02 Å². The van der Waals surface area contributed by atoms with E-state index in [-0.39, 0.29) is 47.4 Å². The van der Waals surface area contributed by atoms with Crippen molar-refractivity contribution >= 4 is 46.3 Å². The van der Waals surface area contributed by atoms with Crippen molar-refractivity contribution < 1.29 is 22.4 Å². The van der Waals surface area contributed by atoms with Crippen LogP contribution in [0, 0.1) is 17.0 Å². The SMILES string of the molecule is C[C@]1(C(N)=O)CC[C@H](n2c(Nc3c(F)cc(F)cc3Cl)nc3cnc(NC4CC(F)(F)C4)nc32)CC1. The normalized spacial score (nSPS) is 23.9. The summed E-state index contributed by atoms with van der Waals surface area (Å²) in [7, 11) is 0. The lowest BCUT2D eigenvalue weighted by atomic mass is 9.73. The number of carbonyl (C=O) groups excluding carboxylic acids is 1. The van der Waals surface area contributed by atoms with Crippen molar-refractivity contribution in [3.8, 4) is 0 Å². The second-order valence-electron chi connectivity index (χ2n) is 9.84. The summed E-state index contributed by atoms with van der Waals surface area (Å²) in [4.78, 5) is 25.2. The lowest BCUT2D eigenvalue weighted by Gasteiger charge is -2.36. The maximum atomic E-state index is 14.6. The maximum Gasteiger partial charge on any atom is 0.252 e. The molecular weight excluding hydrogens is 502 g/mol.